The van der Waals surface area contributed by atoms with Crippen LogP contribution in [0.25, 0.3) is 0 Å². The smallest absolute Gasteiger partial charge is 0.0704 e. The van der Waals surface area contributed by atoms with Gasteiger partial charge >= 0.3 is 0 Å². The second-order valence-electron chi connectivity index (χ2n) is 6.88. The molecule has 0 aliphatic heterocycles. The second kappa shape index (κ2) is 21.2. The van der Waals surface area contributed by atoms with E-state index in [-0.39, 0.29) is 6.04 Å². The molecule has 0 aliphatic carbocycles. The molecule has 0 rings (SSSR count). The Kier molecular flexibility index (Phi) is 24.6. The SMILES string of the molecule is CC(C)C.CN(C)C=S.COCCOC/C(=C/C=N)C[C@@H](C)[C@H](C)N. The summed E-state index contributed by atoms with van der Waals surface area (Å²) in [5, 5.41) is 7.09. The van der Waals surface area contributed by atoms with Gasteiger partial charge in [0.05, 0.1) is 25.3 Å². The average molecular weight is 376 g/mol. The van der Waals surface area contributed by atoms with Crippen molar-refractivity contribution >= 4 is 23.9 Å². The Morgan fingerprint density at radius 1 is 1.16 bits per heavy atom. The fourth-order valence-corrected chi connectivity index (χ4v) is 1.24. The van der Waals surface area contributed by atoms with E-state index in [1.165, 1.54) is 6.21 Å². The molecule has 150 valence electrons. The van der Waals surface area contributed by atoms with Crippen LogP contribution in [0.3, 0.4) is 0 Å². The van der Waals surface area contributed by atoms with Crippen molar-refractivity contribution in [2.45, 2.75) is 47.1 Å². The van der Waals surface area contributed by atoms with Crippen molar-refractivity contribution in [3.63, 3.8) is 0 Å². The van der Waals surface area contributed by atoms with Crippen molar-refractivity contribution in [1.29, 1.82) is 5.41 Å². The molecule has 0 saturated heterocycles. The predicted molar refractivity (Wildman–Crippen MR) is 115 cm³/mol. The number of nitrogens with one attached hydrogen (secondary N) is 1. The van der Waals surface area contributed by atoms with Crippen LogP contribution in [0, 0.1) is 17.2 Å². The molecule has 0 amide bonds. The Morgan fingerprint density at radius 3 is 1.96 bits per heavy atom. The average Bonchev–Trinajstić information content (AvgIpc) is 2.51. The fourth-order valence-electron chi connectivity index (χ4n) is 1.24. The van der Waals surface area contributed by atoms with Crippen LogP contribution in [-0.2, 0) is 9.47 Å². The third-order valence-electron chi connectivity index (χ3n) is 2.73. The molecule has 0 fully saturated rings. The topological polar surface area (TPSA) is 71.6 Å². The lowest BCUT2D eigenvalue weighted by atomic mass is 9.95. The summed E-state index contributed by atoms with van der Waals surface area (Å²) in [4.78, 5) is 1.81. The third-order valence-corrected chi connectivity index (χ3v) is 3.15. The minimum absolute atomic E-state index is 0.160. The molecule has 5 nitrogen and oxygen atoms in total. The Labute approximate surface area is 161 Å². The van der Waals surface area contributed by atoms with Gasteiger partial charge in [-0.3, -0.25) is 0 Å². The van der Waals surface area contributed by atoms with Gasteiger partial charge in [0.1, 0.15) is 0 Å². The number of hydrogen-bond acceptors (Lipinski definition) is 5. The largest absolute Gasteiger partial charge is 0.382 e. The molecule has 25 heavy (non-hydrogen) atoms. The van der Waals surface area contributed by atoms with Gasteiger partial charge in [0.15, 0.2) is 0 Å². The number of ether oxygens (including phenoxy) is 2. The first-order chi connectivity index (χ1) is 11.6. The van der Waals surface area contributed by atoms with E-state index in [1.54, 1.807) is 18.7 Å². The highest BCUT2D eigenvalue weighted by molar-refractivity contribution is 7.78. The maximum atomic E-state index is 7.09. The zero-order chi connectivity index (χ0) is 20.3. The number of nitrogens with two attached hydrogens (primary N) is 1. The maximum Gasteiger partial charge on any atom is 0.0704 e. The van der Waals surface area contributed by atoms with Crippen LogP contribution >= 0.6 is 12.2 Å². The molecule has 0 aliphatic rings. The molecule has 0 aromatic rings. The zero-order valence-corrected chi connectivity index (χ0v) is 18.4. The lowest BCUT2D eigenvalue weighted by Gasteiger charge is -2.17. The second-order valence-corrected chi connectivity index (χ2v) is 7.09. The third kappa shape index (κ3) is 31.5. The quantitative estimate of drug-likeness (QED) is 0.345. The van der Waals surface area contributed by atoms with Crippen LogP contribution in [-0.4, -0.2) is 63.7 Å². The van der Waals surface area contributed by atoms with Gasteiger partial charge in [0.25, 0.3) is 0 Å². The summed E-state index contributed by atoms with van der Waals surface area (Å²) in [6.45, 7) is 12.3. The molecule has 0 aromatic heterocycles. The maximum absolute atomic E-state index is 7.09. The number of hydrogen-bond donors (Lipinski definition) is 2. The molecule has 0 radical (unpaired) electrons. The Hall–Kier alpha value is -0.820. The van der Waals surface area contributed by atoms with Gasteiger partial charge in [-0.2, -0.15) is 0 Å². The molecule has 3 N–H and O–H groups in total. The van der Waals surface area contributed by atoms with E-state index in [0.717, 1.165) is 17.9 Å². The highest BCUT2D eigenvalue weighted by Gasteiger charge is 2.10. The zero-order valence-electron chi connectivity index (χ0n) is 17.5. The molecule has 0 heterocycles. The van der Waals surface area contributed by atoms with Gasteiger partial charge in [0.2, 0.25) is 0 Å². The fraction of sp³-hybridized carbons (Fsp3) is 0.789. The van der Waals surface area contributed by atoms with Crippen molar-refractivity contribution in [3.8, 4) is 0 Å². The van der Waals surface area contributed by atoms with Gasteiger partial charge in [-0.25, -0.2) is 0 Å². The molecule has 0 spiro atoms. The van der Waals surface area contributed by atoms with Crippen molar-refractivity contribution in [2.75, 3.05) is 41.0 Å². The minimum atomic E-state index is 0.160. The molecule has 0 aromatic carbocycles. The number of nitrogens with zero attached hydrogens (tertiary/aromatic N) is 1. The van der Waals surface area contributed by atoms with E-state index in [1.807, 2.05) is 25.9 Å². The summed E-state index contributed by atoms with van der Waals surface area (Å²) >= 11 is 4.48. The van der Waals surface area contributed by atoms with Crippen LogP contribution in [0.1, 0.15) is 41.0 Å². The highest BCUT2D eigenvalue weighted by atomic mass is 32.1. The molecule has 2 atom stereocenters. The number of rotatable bonds is 10. The molecular weight excluding hydrogens is 334 g/mol. The normalized spacial score (nSPS) is 13.0. The summed E-state index contributed by atoms with van der Waals surface area (Å²) < 4.78 is 10.3. The van der Waals surface area contributed by atoms with E-state index < -0.39 is 0 Å². The Balaban J connectivity index is -0.000000442. The minimum Gasteiger partial charge on any atom is -0.382 e. The van der Waals surface area contributed by atoms with Crippen molar-refractivity contribution in [2.24, 2.45) is 17.6 Å². The van der Waals surface area contributed by atoms with Gasteiger partial charge < -0.3 is 25.5 Å². The van der Waals surface area contributed by atoms with Crippen LogP contribution in [0.15, 0.2) is 11.6 Å². The molecular formula is C19H41N3O2S. The molecule has 6 heteroatoms. The molecule has 0 bridgehead atoms. The molecule has 0 saturated carbocycles. The van der Waals surface area contributed by atoms with Gasteiger partial charge in [-0.1, -0.05) is 39.9 Å². The Morgan fingerprint density at radius 2 is 1.64 bits per heavy atom. The predicted octanol–water partition coefficient (Wildman–Crippen LogP) is 3.77. The first-order valence-corrected chi connectivity index (χ1v) is 9.21. The van der Waals surface area contributed by atoms with E-state index in [4.69, 9.17) is 20.6 Å². The molecule has 0 unspecified atom stereocenters. The van der Waals surface area contributed by atoms with Crippen molar-refractivity contribution in [1.82, 2.24) is 4.90 Å². The van der Waals surface area contributed by atoms with Crippen molar-refractivity contribution < 1.29 is 9.47 Å². The standard InChI is InChI=1S/C12H24N2O2.C4H10.C3H7NS/c1-10(11(2)14)8-12(4-5-13)9-16-7-6-15-3;1-4(2)3;1-4(2)3-5/h4-5,10-11,13H,6-9,14H2,1-3H3;4H,1-3H3;3H,1-2H3/b12-4+,13-5?;;/t10-,11+;;/m1../s1. The summed E-state index contributed by atoms with van der Waals surface area (Å²) in [5.74, 6) is 1.23. The first-order valence-electron chi connectivity index (χ1n) is 8.74. The lowest BCUT2D eigenvalue weighted by molar-refractivity contribution is 0.0807. The van der Waals surface area contributed by atoms with Gasteiger partial charge in [-0.05, 0) is 36.8 Å². The number of allylic oxidation sites excluding steroid dienone is 1. The monoisotopic (exact) mass is 375 g/mol. The van der Waals surface area contributed by atoms with E-state index >= 15 is 0 Å². The first kappa shape index (κ1) is 29.0. The van der Waals surface area contributed by atoms with Crippen LogP contribution in [0.4, 0.5) is 0 Å². The lowest BCUT2D eigenvalue weighted by Crippen LogP contribution is -2.25. The van der Waals surface area contributed by atoms with Crippen LogP contribution in [0.5, 0.6) is 0 Å². The summed E-state index contributed by atoms with van der Waals surface area (Å²) in [6, 6.07) is 0.160. The summed E-state index contributed by atoms with van der Waals surface area (Å²) in [5.41, 5.74) is 8.50. The van der Waals surface area contributed by atoms with E-state index in [9.17, 15) is 0 Å². The van der Waals surface area contributed by atoms with E-state index in [0.29, 0.717) is 25.7 Å². The Bertz CT molecular complexity index is 330. The van der Waals surface area contributed by atoms with Gasteiger partial charge in [-0.15, -0.1) is 0 Å². The van der Waals surface area contributed by atoms with Crippen molar-refractivity contribution in [3.05, 3.63) is 11.6 Å². The number of thiocarbonyl (C=S) groups is 1. The van der Waals surface area contributed by atoms with Crippen LogP contribution in [0.2, 0.25) is 0 Å². The number of methoxy groups -OCH3 is 1. The van der Waals surface area contributed by atoms with E-state index in [2.05, 4.69) is 39.9 Å². The highest BCUT2D eigenvalue weighted by Crippen LogP contribution is 2.13. The van der Waals surface area contributed by atoms with Crippen LogP contribution < -0.4 is 5.73 Å². The summed E-state index contributed by atoms with van der Waals surface area (Å²) in [7, 11) is 5.44. The summed E-state index contributed by atoms with van der Waals surface area (Å²) in [6.07, 6.45) is 3.95. The van der Waals surface area contributed by atoms with Gasteiger partial charge in [0, 0.05) is 33.5 Å².